The van der Waals surface area contributed by atoms with Crippen LogP contribution in [0, 0.1) is 6.92 Å². The molecule has 0 radical (unpaired) electrons. The number of nitrogens with two attached hydrogens (primary N) is 1. The fourth-order valence-corrected chi connectivity index (χ4v) is 3.98. The quantitative estimate of drug-likeness (QED) is 0.726. The van der Waals surface area contributed by atoms with E-state index in [4.69, 9.17) is 15.2 Å². The van der Waals surface area contributed by atoms with Crippen LogP contribution in [0.1, 0.15) is 29.8 Å². The van der Waals surface area contributed by atoms with Crippen LogP contribution in [0.5, 0.6) is 11.5 Å². The van der Waals surface area contributed by atoms with E-state index < -0.39 is 5.91 Å². The van der Waals surface area contributed by atoms with E-state index in [9.17, 15) is 4.79 Å². The Labute approximate surface area is 187 Å². The number of nitrogens with zero attached hydrogens (tertiary/aromatic N) is 3. The van der Waals surface area contributed by atoms with Gasteiger partial charge in [-0.2, -0.15) is 0 Å². The number of aryl methyl sites for hydroxylation is 2. The topological polar surface area (TPSA) is 99.7 Å². The predicted molar refractivity (Wildman–Crippen MR) is 124 cm³/mol. The molecule has 2 aliphatic rings. The summed E-state index contributed by atoms with van der Waals surface area (Å²) in [5, 5.41) is 0. The van der Waals surface area contributed by atoms with Crippen LogP contribution in [0.25, 0.3) is 5.57 Å². The molecule has 32 heavy (non-hydrogen) atoms. The molecule has 1 aliphatic carbocycles. The Kier molecular flexibility index (Phi) is 6.16. The van der Waals surface area contributed by atoms with Gasteiger partial charge in [0.2, 0.25) is 0 Å². The Morgan fingerprint density at radius 3 is 2.53 bits per heavy atom. The zero-order chi connectivity index (χ0) is 22.7. The first-order chi connectivity index (χ1) is 15.5. The third-order valence-electron chi connectivity index (χ3n) is 5.72. The first-order valence-corrected chi connectivity index (χ1v) is 10.5. The van der Waals surface area contributed by atoms with Crippen LogP contribution in [0.3, 0.4) is 0 Å². The molecule has 2 heterocycles. The Hall–Kier alpha value is -3.74. The molecule has 0 spiro atoms. The van der Waals surface area contributed by atoms with Gasteiger partial charge in [-0.05, 0) is 66.7 Å². The molecule has 1 amide bonds. The summed E-state index contributed by atoms with van der Waals surface area (Å²) in [5.41, 5.74) is 11.1. The zero-order valence-corrected chi connectivity index (χ0v) is 18.5. The summed E-state index contributed by atoms with van der Waals surface area (Å²) in [4.78, 5) is 25.2. The van der Waals surface area contributed by atoms with Crippen molar-refractivity contribution in [1.82, 2.24) is 9.97 Å². The van der Waals surface area contributed by atoms with Crippen molar-refractivity contribution in [3.63, 3.8) is 0 Å². The fraction of sp³-hybridized carbons (Fsp3) is 0.280. The highest BCUT2D eigenvalue weighted by atomic mass is 16.5. The molecule has 1 aliphatic heterocycles. The number of carbonyl (C=O) groups excluding carboxylic acids is 1. The van der Waals surface area contributed by atoms with E-state index in [2.05, 4.69) is 27.1 Å². The second-order valence-electron chi connectivity index (χ2n) is 7.81. The number of hydrogen-bond donors (Lipinski definition) is 1. The molecular weight excluding hydrogens is 404 g/mol. The molecule has 0 bridgehead atoms. The van der Waals surface area contributed by atoms with Crippen molar-refractivity contribution in [2.75, 3.05) is 14.2 Å². The van der Waals surface area contributed by atoms with E-state index in [0.717, 1.165) is 47.4 Å². The average Bonchev–Trinajstić information content (AvgIpc) is 2.82. The first-order valence-electron chi connectivity index (χ1n) is 10.5. The summed E-state index contributed by atoms with van der Waals surface area (Å²) >= 11 is 0. The molecule has 7 heteroatoms. The Morgan fingerprint density at radius 2 is 1.84 bits per heavy atom. The van der Waals surface area contributed by atoms with Gasteiger partial charge in [-0.15, -0.1) is 0 Å². The maximum absolute atomic E-state index is 12.0. The van der Waals surface area contributed by atoms with Gasteiger partial charge < -0.3 is 15.2 Å². The largest absolute Gasteiger partial charge is 0.493 e. The van der Waals surface area contributed by atoms with Gasteiger partial charge in [0, 0.05) is 12.4 Å². The molecule has 164 valence electrons. The number of aliphatic imine (C=N–C) groups is 1. The SMILES string of the molecule is COc1ccc(C2=CC(C(N)=O)=NC3CC(CCc4cnc(C)nc4)=CC=C23)cc1OC. The Morgan fingerprint density at radius 1 is 1.09 bits per heavy atom. The van der Waals surface area contributed by atoms with Crippen molar-refractivity contribution in [3.05, 3.63) is 76.9 Å². The number of benzene rings is 1. The number of fused-ring (bicyclic) bond motifs is 1. The van der Waals surface area contributed by atoms with Crippen LogP contribution in [-0.4, -0.2) is 41.8 Å². The van der Waals surface area contributed by atoms with Crippen LogP contribution in [0.4, 0.5) is 0 Å². The van der Waals surface area contributed by atoms with E-state index in [-0.39, 0.29) is 11.8 Å². The molecule has 2 N–H and O–H groups in total. The van der Waals surface area contributed by atoms with Crippen molar-refractivity contribution in [1.29, 1.82) is 0 Å². The Balaban J connectivity index is 1.63. The summed E-state index contributed by atoms with van der Waals surface area (Å²) < 4.78 is 10.8. The Bertz CT molecular complexity index is 1160. The number of amides is 1. The van der Waals surface area contributed by atoms with Crippen LogP contribution >= 0.6 is 0 Å². The van der Waals surface area contributed by atoms with Crippen molar-refractivity contribution in [3.8, 4) is 11.5 Å². The van der Waals surface area contributed by atoms with Gasteiger partial charge in [0.25, 0.3) is 5.91 Å². The smallest absolute Gasteiger partial charge is 0.266 e. The third-order valence-corrected chi connectivity index (χ3v) is 5.72. The van der Waals surface area contributed by atoms with E-state index in [1.165, 1.54) is 5.57 Å². The van der Waals surface area contributed by atoms with Crippen LogP contribution in [-0.2, 0) is 11.2 Å². The highest BCUT2D eigenvalue weighted by Crippen LogP contribution is 2.39. The molecule has 1 aromatic carbocycles. The highest BCUT2D eigenvalue weighted by Gasteiger charge is 2.28. The second kappa shape index (κ2) is 9.18. The van der Waals surface area contributed by atoms with E-state index >= 15 is 0 Å². The number of allylic oxidation sites excluding steroid dienone is 2. The minimum absolute atomic E-state index is 0.153. The summed E-state index contributed by atoms with van der Waals surface area (Å²) in [6, 6.07) is 5.56. The zero-order valence-electron chi connectivity index (χ0n) is 18.5. The molecule has 4 rings (SSSR count). The number of rotatable bonds is 7. The minimum atomic E-state index is -0.532. The monoisotopic (exact) mass is 430 g/mol. The highest BCUT2D eigenvalue weighted by molar-refractivity contribution is 6.44. The van der Waals surface area contributed by atoms with Gasteiger partial charge in [0.15, 0.2) is 11.5 Å². The molecule has 0 saturated carbocycles. The number of ether oxygens (including phenoxy) is 2. The van der Waals surface area contributed by atoms with Crippen molar-refractivity contribution >= 4 is 17.2 Å². The maximum atomic E-state index is 12.0. The number of carbonyl (C=O) groups is 1. The molecule has 1 aromatic heterocycles. The summed E-state index contributed by atoms with van der Waals surface area (Å²) in [7, 11) is 3.20. The molecular formula is C25H26N4O3. The summed E-state index contributed by atoms with van der Waals surface area (Å²) in [5.74, 6) is 1.50. The number of hydrogen-bond acceptors (Lipinski definition) is 6. The van der Waals surface area contributed by atoms with E-state index in [1.807, 2.05) is 37.5 Å². The standard InChI is InChI=1S/C25H26N4O3/c1-15-27-13-17(14-28-15)5-4-16-6-8-19-20(12-22(25(26)30)29-21(19)10-16)18-7-9-23(31-2)24(11-18)32-3/h6-9,11-14,21H,4-5,10H2,1-3H3,(H2,26,30). The number of primary amides is 1. The summed E-state index contributed by atoms with van der Waals surface area (Å²) in [6.07, 6.45) is 12.2. The maximum Gasteiger partial charge on any atom is 0.266 e. The van der Waals surface area contributed by atoms with Gasteiger partial charge in [-0.1, -0.05) is 23.8 Å². The van der Waals surface area contributed by atoms with Gasteiger partial charge in [-0.25, -0.2) is 9.97 Å². The van der Waals surface area contributed by atoms with Gasteiger partial charge in [-0.3, -0.25) is 9.79 Å². The average molecular weight is 431 g/mol. The molecule has 0 saturated heterocycles. The first kappa shape index (κ1) is 21.5. The van der Waals surface area contributed by atoms with Crippen molar-refractivity contribution in [2.45, 2.75) is 32.2 Å². The van der Waals surface area contributed by atoms with Gasteiger partial charge in [0.05, 0.1) is 20.3 Å². The van der Waals surface area contributed by atoms with Crippen LogP contribution in [0.2, 0.25) is 0 Å². The lowest BCUT2D eigenvalue weighted by Crippen LogP contribution is -2.29. The van der Waals surface area contributed by atoms with Gasteiger partial charge in [0.1, 0.15) is 11.5 Å². The van der Waals surface area contributed by atoms with E-state index in [0.29, 0.717) is 11.5 Å². The molecule has 2 aromatic rings. The number of aromatic nitrogens is 2. The van der Waals surface area contributed by atoms with Crippen molar-refractivity contribution in [2.24, 2.45) is 10.7 Å². The molecule has 7 nitrogen and oxygen atoms in total. The summed E-state index contributed by atoms with van der Waals surface area (Å²) in [6.45, 7) is 1.88. The lowest BCUT2D eigenvalue weighted by atomic mass is 9.82. The molecule has 1 atom stereocenters. The van der Waals surface area contributed by atoms with Gasteiger partial charge >= 0.3 is 0 Å². The normalized spacial score (nSPS) is 17.4. The second-order valence-corrected chi connectivity index (χ2v) is 7.81. The number of methoxy groups -OCH3 is 2. The lowest BCUT2D eigenvalue weighted by Gasteiger charge is -2.28. The predicted octanol–water partition coefficient (Wildman–Crippen LogP) is 3.38. The fourth-order valence-electron chi connectivity index (χ4n) is 3.98. The number of dihydropyridines is 1. The molecule has 0 fully saturated rings. The minimum Gasteiger partial charge on any atom is -0.493 e. The lowest BCUT2D eigenvalue weighted by molar-refractivity contribution is -0.111. The third kappa shape index (κ3) is 4.46. The van der Waals surface area contributed by atoms with Crippen LogP contribution < -0.4 is 15.2 Å². The van der Waals surface area contributed by atoms with Crippen LogP contribution in [0.15, 0.2) is 65.0 Å². The van der Waals surface area contributed by atoms with E-state index in [1.54, 1.807) is 20.3 Å². The molecule has 1 unspecified atom stereocenters. The van der Waals surface area contributed by atoms with Crippen molar-refractivity contribution < 1.29 is 14.3 Å².